The fraction of sp³-hybridized carbons (Fsp3) is 0.500. The van der Waals surface area contributed by atoms with Crippen molar-refractivity contribution in [2.75, 3.05) is 25.0 Å². The molecule has 6 heteroatoms. The lowest BCUT2D eigenvalue weighted by Gasteiger charge is -2.21. The highest BCUT2D eigenvalue weighted by atomic mass is 35.5. The number of hydrogen-bond acceptors (Lipinski definition) is 3. The summed E-state index contributed by atoms with van der Waals surface area (Å²) in [6.45, 7) is 4.01. The van der Waals surface area contributed by atoms with Gasteiger partial charge in [-0.2, -0.15) is 0 Å². The molecule has 0 unspecified atom stereocenters. The number of hydrogen-bond donors (Lipinski definition) is 3. The molecular formula is C16H24ClN3O2. The van der Waals surface area contributed by atoms with E-state index in [1.54, 1.807) is 0 Å². The standard InChI is InChI=1S/C16H23N3O2.ClH/c1-12(20)19-15-4-2-13(3-5-15)6-11-18-16(21)14-7-9-17-10-8-14;/h2-5,14,17H,6-11H2,1H3,(H,18,21)(H,19,20);1H. The molecule has 1 aliphatic rings. The first-order valence-electron chi connectivity index (χ1n) is 7.50. The number of benzene rings is 1. The third-order valence-electron chi connectivity index (χ3n) is 3.70. The van der Waals surface area contributed by atoms with E-state index < -0.39 is 0 Å². The van der Waals surface area contributed by atoms with Gasteiger partial charge in [-0.1, -0.05) is 12.1 Å². The zero-order valence-electron chi connectivity index (χ0n) is 12.9. The molecule has 1 aromatic rings. The van der Waals surface area contributed by atoms with Gasteiger partial charge in [0.25, 0.3) is 0 Å². The van der Waals surface area contributed by atoms with Gasteiger partial charge in [-0.3, -0.25) is 9.59 Å². The molecule has 1 heterocycles. The first kappa shape index (κ1) is 18.5. The Bertz CT molecular complexity index is 485. The molecular weight excluding hydrogens is 302 g/mol. The first-order chi connectivity index (χ1) is 10.1. The van der Waals surface area contributed by atoms with E-state index in [-0.39, 0.29) is 30.1 Å². The van der Waals surface area contributed by atoms with Crippen LogP contribution in [0.4, 0.5) is 5.69 Å². The van der Waals surface area contributed by atoms with Crippen LogP contribution < -0.4 is 16.0 Å². The Morgan fingerprint density at radius 3 is 2.41 bits per heavy atom. The minimum Gasteiger partial charge on any atom is -0.356 e. The van der Waals surface area contributed by atoms with Gasteiger partial charge < -0.3 is 16.0 Å². The molecule has 3 N–H and O–H groups in total. The summed E-state index contributed by atoms with van der Waals surface area (Å²) in [6.07, 6.45) is 2.66. The second-order valence-corrected chi connectivity index (χ2v) is 5.44. The number of amides is 2. The van der Waals surface area contributed by atoms with Gasteiger partial charge in [-0.25, -0.2) is 0 Å². The van der Waals surface area contributed by atoms with Gasteiger partial charge in [-0.05, 0) is 50.0 Å². The van der Waals surface area contributed by atoms with Crippen LogP contribution in [0.15, 0.2) is 24.3 Å². The Balaban J connectivity index is 0.00000242. The van der Waals surface area contributed by atoms with Crippen molar-refractivity contribution in [3.8, 4) is 0 Å². The Kier molecular flexibility index (Phi) is 7.91. The molecule has 1 saturated heterocycles. The SMILES string of the molecule is CC(=O)Nc1ccc(CCNC(=O)C2CCNCC2)cc1.Cl. The van der Waals surface area contributed by atoms with E-state index in [0.29, 0.717) is 6.54 Å². The highest BCUT2D eigenvalue weighted by Crippen LogP contribution is 2.12. The van der Waals surface area contributed by atoms with Gasteiger partial charge in [0.15, 0.2) is 0 Å². The number of piperidine rings is 1. The molecule has 0 radical (unpaired) electrons. The molecule has 0 spiro atoms. The van der Waals surface area contributed by atoms with Crippen LogP contribution in [0.25, 0.3) is 0 Å². The largest absolute Gasteiger partial charge is 0.356 e. The molecule has 2 amide bonds. The Morgan fingerprint density at radius 1 is 1.18 bits per heavy atom. The van der Waals surface area contributed by atoms with E-state index in [1.807, 2.05) is 24.3 Å². The van der Waals surface area contributed by atoms with Crippen LogP contribution >= 0.6 is 12.4 Å². The first-order valence-corrected chi connectivity index (χ1v) is 7.50. The molecule has 0 atom stereocenters. The predicted molar refractivity (Wildman–Crippen MR) is 90.3 cm³/mol. The summed E-state index contributed by atoms with van der Waals surface area (Å²) in [5.41, 5.74) is 1.94. The molecule has 0 bridgehead atoms. The van der Waals surface area contributed by atoms with Crippen molar-refractivity contribution < 1.29 is 9.59 Å². The van der Waals surface area contributed by atoms with E-state index in [4.69, 9.17) is 0 Å². The van der Waals surface area contributed by atoms with Gasteiger partial charge in [0.1, 0.15) is 0 Å². The maximum Gasteiger partial charge on any atom is 0.223 e. The normalized spacial score (nSPS) is 14.8. The smallest absolute Gasteiger partial charge is 0.223 e. The quantitative estimate of drug-likeness (QED) is 0.772. The van der Waals surface area contributed by atoms with E-state index >= 15 is 0 Å². The maximum absolute atomic E-state index is 12.0. The van der Waals surface area contributed by atoms with Crippen LogP contribution in [0.5, 0.6) is 0 Å². The highest BCUT2D eigenvalue weighted by Gasteiger charge is 2.20. The minimum absolute atomic E-state index is 0. The average molecular weight is 326 g/mol. The third-order valence-corrected chi connectivity index (χ3v) is 3.70. The van der Waals surface area contributed by atoms with E-state index in [2.05, 4.69) is 16.0 Å². The van der Waals surface area contributed by atoms with Crippen LogP contribution in [-0.4, -0.2) is 31.4 Å². The van der Waals surface area contributed by atoms with Crippen molar-refractivity contribution in [2.45, 2.75) is 26.2 Å². The minimum atomic E-state index is -0.0722. The number of nitrogens with one attached hydrogen (secondary N) is 3. The lowest BCUT2D eigenvalue weighted by molar-refractivity contribution is -0.125. The summed E-state index contributed by atoms with van der Waals surface area (Å²) in [6, 6.07) is 7.71. The molecule has 0 saturated carbocycles. The van der Waals surface area contributed by atoms with Crippen molar-refractivity contribution in [3.05, 3.63) is 29.8 Å². The number of carbonyl (C=O) groups excluding carboxylic acids is 2. The van der Waals surface area contributed by atoms with Gasteiger partial charge in [0.05, 0.1) is 0 Å². The Labute approximate surface area is 137 Å². The molecule has 1 fully saturated rings. The maximum atomic E-state index is 12.0. The molecule has 0 aliphatic carbocycles. The second kappa shape index (κ2) is 9.43. The summed E-state index contributed by atoms with van der Waals surface area (Å²) < 4.78 is 0. The molecule has 1 aliphatic heterocycles. The lowest BCUT2D eigenvalue weighted by Crippen LogP contribution is -2.38. The van der Waals surface area contributed by atoms with E-state index in [0.717, 1.165) is 43.6 Å². The zero-order valence-corrected chi connectivity index (χ0v) is 13.7. The van der Waals surface area contributed by atoms with Crippen LogP contribution in [0, 0.1) is 5.92 Å². The monoisotopic (exact) mass is 325 g/mol. The Morgan fingerprint density at radius 2 is 1.82 bits per heavy atom. The van der Waals surface area contributed by atoms with Crippen LogP contribution in [0.1, 0.15) is 25.3 Å². The summed E-state index contributed by atoms with van der Waals surface area (Å²) in [5, 5.41) is 9.01. The van der Waals surface area contributed by atoms with E-state index in [9.17, 15) is 9.59 Å². The van der Waals surface area contributed by atoms with Gasteiger partial charge in [-0.15, -0.1) is 12.4 Å². The van der Waals surface area contributed by atoms with Crippen molar-refractivity contribution >= 4 is 29.9 Å². The van der Waals surface area contributed by atoms with Gasteiger partial charge in [0.2, 0.25) is 11.8 Å². The third kappa shape index (κ3) is 6.03. The highest BCUT2D eigenvalue weighted by molar-refractivity contribution is 5.88. The van der Waals surface area contributed by atoms with Crippen LogP contribution in [0.3, 0.4) is 0 Å². The molecule has 0 aromatic heterocycles. The molecule has 1 aromatic carbocycles. The number of halogens is 1. The van der Waals surface area contributed by atoms with Crippen LogP contribution in [0.2, 0.25) is 0 Å². The topological polar surface area (TPSA) is 70.2 Å². The number of rotatable bonds is 5. The average Bonchev–Trinajstić information content (AvgIpc) is 2.49. The van der Waals surface area contributed by atoms with Crippen molar-refractivity contribution in [1.82, 2.24) is 10.6 Å². The van der Waals surface area contributed by atoms with Crippen molar-refractivity contribution in [3.63, 3.8) is 0 Å². The van der Waals surface area contributed by atoms with Crippen LogP contribution in [-0.2, 0) is 16.0 Å². The predicted octanol–water partition coefficient (Wildman–Crippen LogP) is 1.73. The van der Waals surface area contributed by atoms with E-state index in [1.165, 1.54) is 6.92 Å². The molecule has 122 valence electrons. The zero-order chi connectivity index (χ0) is 15.1. The summed E-state index contributed by atoms with van der Waals surface area (Å²) in [7, 11) is 0. The number of carbonyl (C=O) groups is 2. The summed E-state index contributed by atoms with van der Waals surface area (Å²) >= 11 is 0. The molecule has 5 nitrogen and oxygen atoms in total. The second-order valence-electron chi connectivity index (χ2n) is 5.44. The molecule has 2 rings (SSSR count). The fourth-order valence-corrected chi connectivity index (χ4v) is 2.52. The lowest BCUT2D eigenvalue weighted by atomic mass is 9.97. The van der Waals surface area contributed by atoms with Crippen molar-refractivity contribution in [1.29, 1.82) is 0 Å². The van der Waals surface area contributed by atoms with Gasteiger partial charge in [0, 0.05) is 25.1 Å². The Hall–Kier alpha value is -1.59. The number of anilines is 1. The fourth-order valence-electron chi connectivity index (χ4n) is 2.52. The summed E-state index contributed by atoms with van der Waals surface area (Å²) in [4.78, 5) is 22.9. The van der Waals surface area contributed by atoms with Gasteiger partial charge >= 0.3 is 0 Å². The summed E-state index contributed by atoms with van der Waals surface area (Å²) in [5.74, 6) is 0.261. The molecule has 22 heavy (non-hydrogen) atoms. The van der Waals surface area contributed by atoms with Crippen molar-refractivity contribution in [2.24, 2.45) is 5.92 Å².